The van der Waals surface area contributed by atoms with Crippen LogP contribution in [-0.4, -0.2) is 35.1 Å². The van der Waals surface area contributed by atoms with Crippen molar-refractivity contribution >= 4 is 23.2 Å². The monoisotopic (exact) mass is 324 g/mol. The van der Waals surface area contributed by atoms with Crippen LogP contribution in [0.15, 0.2) is 42.7 Å². The highest BCUT2D eigenvalue weighted by molar-refractivity contribution is 6.35. The minimum absolute atomic E-state index is 0.498. The van der Waals surface area contributed by atoms with Crippen LogP contribution in [0.5, 0.6) is 0 Å². The van der Waals surface area contributed by atoms with Crippen molar-refractivity contribution in [2.24, 2.45) is 0 Å². The Bertz CT molecular complexity index is 578. The molecule has 0 saturated heterocycles. The predicted octanol–water partition coefficient (Wildman–Crippen LogP) is 3.60. The normalized spacial score (nSPS) is 12.6. The molecule has 2 aromatic rings. The predicted molar refractivity (Wildman–Crippen MR) is 86.9 cm³/mol. The Kier molecular flexibility index (Phi) is 6.00. The van der Waals surface area contributed by atoms with Gasteiger partial charge in [-0.15, -0.1) is 0 Å². The second kappa shape index (κ2) is 7.76. The maximum absolute atomic E-state index is 10.3. The van der Waals surface area contributed by atoms with Gasteiger partial charge in [0.1, 0.15) is 0 Å². The van der Waals surface area contributed by atoms with Crippen LogP contribution in [0.25, 0.3) is 0 Å². The van der Waals surface area contributed by atoms with Crippen LogP contribution in [0, 0.1) is 0 Å². The zero-order chi connectivity index (χ0) is 15.2. The number of aliphatic hydroxyl groups excluding tert-OH is 1. The lowest BCUT2D eigenvalue weighted by molar-refractivity contribution is 0.127. The topological polar surface area (TPSA) is 36.4 Å². The van der Waals surface area contributed by atoms with Crippen molar-refractivity contribution in [2.75, 3.05) is 20.1 Å². The molecule has 0 aliphatic heterocycles. The first-order chi connectivity index (χ1) is 10.1. The molecule has 3 nitrogen and oxygen atoms in total. The third kappa shape index (κ3) is 4.97. The van der Waals surface area contributed by atoms with E-state index in [9.17, 15) is 5.11 Å². The quantitative estimate of drug-likeness (QED) is 0.882. The number of hydrogen-bond donors (Lipinski definition) is 1. The molecule has 1 heterocycles. The van der Waals surface area contributed by atoms with Gasteiger partial charge in [0.2, 0.25) is 0 Å². The van der Waals surface area contributed by atoms with Crippen molar-refractivity contribution in [2.45, 2.75) is 12.5 Å². The number of halogens is 2. The molecular formula is C16H18Cl2N2O. The van der Waals surface area contributed by atoms with Crippen LogP contribution in [0.2, 0.25) is 10.0 Å². The van der Waals surface area contributed by atoms with E-state index >= 15 is 0 Å². The number of rotatable bonds is 6. The Morgan fingerprint density at radius 3 is 2.57 bits per heavy atom. The molecule has 1 aromatic heterocycles. The Morgan fingerprint density at radius 1 is 1.19 bits per heavy atom. The van der Waals surface area contributed by atoms with Gasteiger partial charge in [0.15, 0.2) is 0 Å². The number of aromatic nitrogens is 1. The van der Waals surface area contributed by atoms with Gasteiger partial charge in [-0.05, 0) is 43.3 Å². The first-order valence-electron chi connectivity index (χ1n) is 6.76. The van der Waals surface area contributed by atoms with Crippen molar-refractivity contribution in [1.82, 2.24) is 9.88 Å². The highest BCUT2D eigenvalue weighted by Gasteiger charge is 2.14. The summed E-state index contributed by atoms with van der Waals surface area (Å²) in [7, 11) is 1.98. The van der Waals surface area contributed by atoms with E-state index in [-0.39, 0.29) is 0 Å². The average molecular weight is 325 g/mol. The Balaban J connectivity index is 1.88. The summed E-state index contributed by atoms with van der Waals surface area (Å²) >= 11 is 12.0. The fourth-order valence-electron chi connectivity index (χ4n) is 2.13. The van der Waals surface area contributed by atoms with E-state index in [1.807, 2.05) is 19.2 Å². The van der Waals surface area contributed by atoms with Crippen molar-refractivity contribution in [3.63, 3.8) is 0 Å². The number of nitrogens with zero attached hydrogens (tertiary/aromatic N) is 2. The van der Waals surface area contributed by atoms with Crippen LogP contribution < -0.4 is 0 Å². The first kappa shape index (κ1) is 16.2. The van der Waals surface area contributed by atoms with Gasteiger partial charge in [0, 0.05) is 41.1 Å². The summed E-state index contributed by atoms with van der Waals surface area (Å²) in [6.45, 7) is 1.37. The third-order valence-electron chi connectivity index (χ3n) is 3.34. The zero-order valence-corrected chi connectivity index (χ0v) is 13.3. The van der Waals surface area contributed by atoms with Crippen LogP contribution in [0.4, 0.5) is 0 Å². The lowest BCUT2D eigenvalue weighted by Crippen LogP contribution is -2.27. The minimum atomic E-state index is -0.628. The summed E-state index contributed by atoms with van der Waals surface area (Å²) in [6.07, 6.45) is 3.87. The number of benzene rings is 1. The summed E-state index contributed by atoms with van der Waals surface area (Å²) in [5.41, 5.74) is 1.94. The van der Waals surface area contributed by atoms with Gasteiger partial charge in [-0.3, -0.25) is 4.98 Å². The van der Waals surface area contributed by atoms with Crippen LogP contribution in [0.1, 0.15) is 17.2 Å². The van der Waals surface area contributed by atoms with Gasteiger partial charge in [0.05, 0.1) is 6.10 Å². The van der Waals surface area contributed by atoms with Crippen LogP contribution >= 0.6 is 23.2 Å². The number of pyridine rings is 1. The van der Waals surface area contributed by atoms with E-state index in [4.69, 9.17) is 23.2 Å². The number of likely N-dealkylation sites (N-methyl/N-ethyl adjacent to an activating group) is 1. The molecule has 0 bridgehead atoms. The lowest BCUT2D eigenvalue weighted by atomic mass is 10.1. The molecule has 1 aromatic carbocycles. The molecule has 0 fully saturated rings. The van der Waals surface area contributed by atoms with Crippen LogP contribution in [0.3, 0.4) is 0 Å². The minimum Gasteiger partial charge on any atom is -0.387 e. The second-order valence-corrected chi connectivity index (χ2v) is 5.89. The van der Waals surface area contributed by atoms with Gasteiger partial charge < -0.3 is 10.0 Å². The summed E-state index contributed by atoms with van der Waals surface area (Å²) in [5.74, 6) is 0. The van der Waals surface area contributed by atoms with E-state index in [1.165, 1.54) is 5.56 Å². The third-order valence-corrected chi connectivity index (χ3v) is 3.90. The van der Waals surface area contributed by atoms with Crippen molar-refractivity contribution in [3.8, 4) is 0 Å². The summed E-state index contributed by atoms with van der Waals surface area (Å²) in [4.78, 5) is 6.08. The Labute approximate surface area is 135 Å². The summed E-state index contributed by atoms with van der Waals surface area (Å²) in [6, 6.07) is 9.16. The van der Waals surface area contributed by atoms with Gasteiger partial charge in [-0.2, -0.15) is 0 Å². The fraction of sp³-hybridized carbons (Fsp3) is 0.312. The van der Waals surface area contributed by atoms with E-state index in [0.29, 0.717) is 22.2 Å². The molecule has 112 valence electrons. The van der Waals surface area contributed by atoms with Crippen molar-refractivity contribution < 1.29 is 5.11 Å². The maximum Gasteiger partial charge on any atom is 0.0931 e. The molecule has 0 radical (unpaired) electrons. The number of hydrogen-bond acceptors (Lipinski definition) is 3. The van der Waals surface area contributed by atoms with Gasteiger partial charge in [0.25, 0.3) is 0 Å². The maximum atomic E-state index is 10.3. The molecule has 0 aliphatic rings. The highest BCUT2D eigenvalue weighted by Crippen LogP contribution is 2.26. The van der Waals surface area contributed by atoms with Gasteiger partial charge in [-0.25, -0.2) is 0 Å². The molecule has 0 spiro atoms. The lowest BCUT2D eigenvalue weighted by Gasteiger charge is -2.21. The molecule has 1 N–H and O–H groups in total. The van der Waals surface area contributed by atoms with Crippen molar-refractivity contribution in [3.05, 3.63) is 63.9 Å². The molecule has 0 aliphatic carbocycles. The molecule has 5 heteroatoms. The van der Waals surface area contributed by atoms with E-state index in [1.54, 1.807) is 30.6 Å². The van der Waals surface area contributed by atoms with E-state index in [0.717, 1.165) is 13.0 Å². The molecular weight excluding hydrogens is 307 g/mol. The molecule has 0 amide bonds. The Hall–Kier alpha value is -1.13. The molecule has 2 rings (SSSR count). The zero-order valence-electron chi connectivity index (χ0n) is 11.8. The first-order valence-corrected chi connectivity index (χ1v) is 7.52. The van der Waals surface area contributed by atoms with Crippen LogP contribution in [-0.2, 0) is 6.42 Å². The highest BCUT2D eigenvalue weighted by atomic mass is 35.5. The Morgan fingerprint density at radius 2 is 1.90 bits per heavy atom. The molecule has 0 saturated carbocycles. The SMILES string of the molecule is CN(CCc1ccncc1)CC(O)c1ccc(Cl)cc1Cl. The fourth-order valence-corrected chi connectivity index (χ4v) is 2.66. The summed E-state index contributed by atoms with van der Waals surface area (Å²) in [5, 5.41) is 11.3. The molecule has 1 atom stereocenters. The number of aliphatic hydroxyl groups is 1. The molecule has 21 heavy (non-hydrogen) atoms. The standard InChI is InChI=1S/C16H18Cl2N2O/c1-20(9-6-12-4-7-19-8-5-12)11-16(21)14-3-2-13(17)10-15(14)18/h2-5,7-8,10,16,21H,6,9,11H2,1H3. The molecule has 1 unspecified atom stereocenters. The average Bonchev–Trinajstić information content (AvgIpc) is 2.46. The van der Waals surface area contributed by atoms with Gasteiger partial charge in [-0.1, -0.05) is 29.3 Å². The smallest absolute Gasteiger partial charge is 0.0931 e. The largest absolute Gasteiger partial charge is 0.387 e. The summed E-state index contributed by atoms with van der Waals surface area (Å²) < 4.78 is 0. The van der Waals surface area contributed by atoms with Gasteiger partial charge >= 0.3 is 0 Å². The van der Waals surface area contributed by atoms with E-state index < -0.39 is 6.10 Å². The second-order valence-electron chi connectivity index (χ2n) is 5.05. The van der Waals surface area contributed by atoms with Crippen molar-refractivity contribution in [1.29, 1.82) is 0 Å². The van der Waals surface area contributed by atoms with E-state index in [2.05, 4.69) is 9.88 Å².